The predicted octanol–water partition coefficient (Wildman–Crippen LogP) is 1.36. The molecule has 1 saturated heterocycles. The molecule has 0 radical (unpaired) electrons. The van der Waals surface area contributed by atoms with E-state index < -0.39 is 0 Å². The Morgan fingerprint density at radius 2 is 2.22 bits per heavy atom. The van der Waals surface area contributed by atoms with Gasteiger partial charge >= 0.3 is 0 Å². The smallest absolute Gasteiger partial charge is 0.244 e. The molecule has 94 valence electrons. The molecule has 2 rings (SSSR count). The summed E-state index contributed by atoms with van der Waals surface area (Å²) in [5.74, 6) is -0.258. The Kier molecular flexibility index (Phi) is 3.99. The number of rotatable bonds is 3. The van der Waals surface area contributed by atoms with E-state index in [1.54, 1.807) is 12.1 Å². The molecular weight excluding hydrogens is 252 g/mol. The van der Waals surface area contributed by atoms with Gasteiger partial charge in [-0.05, 0) is 17.7 Å². The lowest BCUT2D eigenvalue weighted by Gasteiger charge is -2.07. The summed E-state index contributed by atoms with van der Waals surface area (Å²) in [6.45, 7) is 0.491. The van der Waals surface area contributed by atoms with Crippen LogP contribution < -0.4 is 10.6 Å². The first-order chi connectivity index (χ1) is 8.65. The summed E-state index contributed by atoms with van der Waals surface area (Å²) in [5.41, 5.74) is 0.787. The molecule has 0 bridgehead atoms. The summed E-state index contributed by atoms with van der Waals surface area (Å²) in [7, 11) is 0. The molecule has 2 amide bonds. The van der Waals surface area contributed by atoms with Crippen LogP contribution in [0.5, 0.6) is 0 Å². The topological polar surface area (TPSA) is 58.2 Å². The zero-order valence-corrected chi connectivity index (χ0v) is 10.4. The summed E-state index contributed by atoms with van der Waals surface area (Å²) in [6.07, 6.45) is 3.41. The van der Waals surface area contributed by atoms with Gasteiger partial charge in [0.1, 0.15) is 0 Å². The average molecular weight is 265 g/mol. The molecule has 0 saturated carbocycles. The van der Waals surface area contributed by atoms with Crippen LogP contribution in [0, 0.1) is 0 Å². The van der Waals surface area contributed by atoms with E-state index in [1.165, 1.54) is 6.08 Å². The lowest BCUT2D eigenvalue weighted by Crippen LogP contribution is -2.34. The van der Waals surface area contributed by atoms with E-state index >= 15 is 0 Å². The van der Waals surface area contributed by atoms with Gasteiger partial charge in [-0.1, -0.05) is 29.8 Å². The van der Waals surface area contributed by atoms with Gasteiger partial charge in [-0.2, -0.15) is 0 Å². The number of hydrogen-bond donors (Lipinski definition) is 2. The minimum Gasteiger partial charge on any atom is -0.354 e. The van der Waals surface area contributed by atoms with Crippen molar-refractivity contribution in [3.8, 4) is 0 Å². The van der Waals surface area contributed by atoms with Crippen molar-refractivity contribution in [1.29, 1.82) is 0 Å². The third-order valence-electron chi connectivity index (χ3n) is 2.64. The lowest BCUT2D eigenvalue weighted by molar-refractivity contribution is -0.119. The fourth-order valence-electron chi connectivity index (χ4n) is 1.73. The van der Waals surface area contributed by atoms with Crippen LogP contribution in [0.3, 0.4) is 0 Å². The highest BCUT2D eigenvalue weighted by atomic mass is 35.5. The van der Waals surface area contributed by atoms with Gasteiger partial charge in [-0.25, -0.2) is 0 Å². The first-order valence-corrected chi connectivity index (χ1v) is 6.03. The highest BCUT2D eigenvalue weighted by Gasteiger charge is 2.21. The van der Waals surface area contributed by atoms with E-state index in [2.05, 4.69) is 10.6 Å². The summed E-state index contributed by atoms with van der Waals surface area (Å²) in [4.78, 5) is 22.6. The van der Waals surface area contributed by atoms with Gasteiger partial charge in [-0.3, -0.25) is 9.59 Å². The van der Waals surface area contributed by atoms with E-state index in [0.29, 0.717) is 18.0 Å². The van der Waals surface area contributed by atoms with Gasteiger partial charge in [0.2, 0.25) is 11.8 Å². The van der Waals surface area contributed by atoms with Crippen LogP contribution in [0.25, 0.3) is 6.08 Å². The van der Waals surface area contributed by atoms with E-state index in [4.69, 9.17) is 11.6 Å². The Balaban J connectivity index is 1.91. The maximum absolute atomic E-state index is 11.6. The Morgan fingerprint density at radius 1 is 1.44 bits per heavy atom. The summed E-state index contributed by atoms with van der Waals surface area (Å²) in [5, 5.41) is 6.00. The standard InChI is InChI=1S/C13H13ClN2O2/c14-11-4-2-1-3-9(11)5-6-12(17)16-10-7-13(18)15-8-10/h1-6,10H,7-8H2,(H,15,18)(H,16,17)/b6-5+. The molecule has 1 fully saturated rings. The number of benzene rings is 1. The van der Waals surface area contributed by atoms with Crippen molar-refractivity contribution in [3.05, 3.63) is 40.9 Å². The quantitative estimate of drug-likeness (QED) is 0.810. The second kappa shape index (κ2) is 5.69. The summed E-state index contributed by atoms with van der Waals surface area (Å²) in [6, 6.07) is 7.14. The third kappa shape index (κ3) is 3.34. The van der Waals surface area contributed by atoms with Gasteiger partial charge in [-0.15, -0.1) is 0 Å². The van der Waals surface area contributed by atoms with Crippen LogP contribution in [0.1, 0.15) is 12.0 Å². The summed E-state index contributed by atoms with van der Waals surface area (Å²) < 4.78 is 0. The Hall–Kier alpha value is -1.81. The van der Waals surface area contributed by atoms with Gasteiger partial charge in [0.05, 0.1) is 6.04 Å². The van der Waals surface area contributed by atoms with Crippen LogP contribution >= 0.6 is 11.6 Å². The van der Waals surface area contributed by atoms with Crippen molar-refractivity contribution >= 4 is 29.5 Å². The molecule has 1 aliphatic heterocycles. The fraction of sp³-hybridized carbons (Fsp3) is 0.231. The van der Waals surface area contributed by atoms with Crippen molar-refractivity contribution in [2.75, 3.05) is 6.54 Å². The van der Waals surface area contributed by atoms with E-state index in [9.17, 15) is 9.59 Å². The number of nitrogens with one attached hydrogen (secondary N) is 2. The minimum absolute atomic E-state index is 0.0321. The molecular formula is C13H13ClN2O2. The zero-order valence-electron chi connectivity index (χ0n) is 9.65. The van der Waals surface area contributed by atoms with E-state index in [0.717, 1.165) is 5.56 Å². The average Bonchev–Trinajstić information content (AvgIpc) is 2.74. The first-order valence-electron chi connectivity index (χ1n) is 5.65. The maximum Gasteiger partial charge on any atom is 0.244 e. The highest BCUT2D eigenvalue weighted by molar-refractivity contribution is 6.32. The van der Waals surface area contributed by atoms with Crippen molar-refractivity contribution < 1.29 is 9.59 Å². The molecule has 4 nitrogen and oxygen atoms in total. The third-order valence-corrected chi connectivity index (χ3v) is 2.99. The predicted molar refractivity (Wildman–Crippen MR) is 70.0 cm³/mol. The van der Waals surface area contributed by atoms with E-state index in [-0.39, 0.29) is 17.9 Å². The highest BCUT2D eigenvalue weighted by Crippen LogP contribution is 2.16. The van der Waals surface area contributed by atoms with Crippen molar-refractivity contribution in [2.24, 2.45) is 0 Å². The van der Waals surface area contributed by atoms with Gasteiger partial charge < -0.3 is 10.6 Å². The van der Waals surface area contributed by atoms with Crippen LogP contribution in [0.15, 0.2) is 30.3 Å². The first kappa shape index (κ1) is 12.6. The number of carbonyl (C=O) groups excluding carboxylic acids is 2. The molecule has 0 spiro atoms. The maximum atomic E-state index is 11.6. The molecule has 1 atom stereocenters. The van der Waals surface area contributed by atoms with Crippen LogP contribution in [-0.2, 0) is 9.59 Å². The van der Waals surface area contributed by atoms with Crippen LogP contribution in [-0.4, -0.2) is 24.4 Å². The molecule has 0 aromatic heterocycles. The Bertz CT molecular complexity index is 500. The molecule has 1 aliphatic rings. The number of halogens is 1. The fourth-order valence-corrected chi connectivity index (χ4v) is 1.93. The zero-order chi connectivity index (χ0) is 13.0. The largest absolute Gasteiger partial charge is 0.354 e. The summed E-state index contributed by atoms with van der Waals surface area (Å²) >= 11 is 5.96. The van der Waals surface area contributed by atoms with Crippen LogP contribution in [0.4, 0.5) is 0 Å². The Labute approximate surface area is 110 Å². The molecule has 1 aromatic carbocycles. The Morgan fingerprint density at radius 3 is 2.89 bits per heavy atom. The number of amides is 2. The molecule has 1 heterocycles. The monoisotopic (exact) mass is 264 g/mol. The SMILES string of the molecule is O=C(/C=C/c1ccccc1Cl)NC1CNC(=O)C1. The second-order valence-corrected chi connectivity index (χ2v) is 4.48. The normalized spacial score (nSPS) is 18.9. The van der Waals surface area contributed by atoms with Crippen molar-refractivity contribution in [3.63, 3.8) is 0 Å². The molecule has 5 heteroatoms. The molecule has 18 heavy (non-hydrogen) atoms. The second-order valence-electron chi connectivity index (χ2n) is 4.07. The molecule has 1 aromatic rings. The van der Waals surface area contributed by atoms with Gasteiger partial charge in [0.15, 0.2) is 0 Å². The molecule has 0 aliphatic carbocycles. The van der Waals surface area contributed by atoms with Gasteiger partial charge in [0.25, 0.3) is 0 Å². The molecule has 1 unspecified atom stereocenters. The number of carbonyl (C=O) groups is 2. The number of hydrogen-bond acceptors (Lipinski definition) is 2. The van der Waals surface area contributed by atoms with Crippen LogP contribution in [0.2, 0.25) is 5.02 Å². The van der Waals surface area contributed by atoms with Crippen molar-refractivity contribution in [1.82, 2.24) is 10.6 Å². The van der Waals surface area contributed by atoms with E-state index in [1.807, 2.05) is 18.2 Å². The van der Waals surface area contributed by atoms with Gasteiger partial charge in [0, 0.05) is 24.1 Å². The molecule has 2 N–H and O–H groups in total. The van der Waals surface area contributed by atoms with Crippen molar-refractivity contribution in [2.45, 2.75) is 12.5 Å². The minimum atomic E-state index is -0.226. The lowest BCUT2D eigenvalue weighted by atomic mass is 10.2.